The summed E-state index contributed by atoms with van der Waals surface area (Å²) in [5.74, 6) is 0.559. The highest BCUT2D eigenvalue weighted by atomic mass is 79.9. The molecule has 2 aromatic rings. The van der Waals surface area contributed by atoms with Gasteiger partial charge in [-0.1, -0.05) is 11.6 Å². The minimum Gasteiger partial charge on any atom is -0.496 e. The first-order valence-corrected chi connectivity index (χ1v) is 9.09. The van der Waals surface area contributed by atoms with E-state index in [1.54, 1.807) is 24.3 Å². The molecular weight excluding hydrogens is 445 g/mol. The maximum Gasteiger partial charge on any atom is 0.261 e. The molecule has 21 heavy (non-hydrogen) atoms. The summed E-state index contributed by atoms with van der Waals surface area (Å²) in [6.45, 7) is 0. The van der Waals surface area contributed by atoms with Gasteiger partial charge in [-0.05, 0) is 68.3 Å². The molecule has 0 saturated carbocycles. The van der Waals surface area contributed by atoms with Crippen LogP contribution in [0.15, 0.2) is 50.2 Å². The maximum atomic E-state index is 12.3. The Balaban J connectivity index is 2.33. The quantitative estimate of drug-likeness (QED) is 0.729. The van der Waals surface area contributed by atoms with Crippen LogP contribution in [0, 0.1) is 0 Å². The normalized spacial score (nSPS) is 11.2. The van der Waals surface area contributed by atoms with Crippen molar-refractivity contribution < 1.29 is 13.2 Å². The zero-order chi connectivity index (χ0) is 15.6. The van der Waals surface area contributed by atoms with E-state index in [9.17, 15) is 8.42 Å². The first-order chi connectivity index (χ1) is 9.83. The van der Waals surface area contributed by atoms with Crippen LogP contribution in [0.2, 0.25) is 5.02 Å². The summed E-state index contributed by atoms with van der Waals surface area (Å²) in [5, 5.41) is 0.505. The fraction of sp³-hybridized carbons (Fsp3) is 0.0769. The number of nitrogens with one attached hydrogen (secondary N) is 1. The molecule has 0 spiro atoms. The highest BCUT2D eigenvalue weighted by Crippen LogP contribution is 2.30. The standard InChI is InChI=1S/C13H10Br2ClNO3S/c1-20-13-5-3-9(7-11(13)15)21(18,19)17-8-2-4-12(16)10(14)6-8/h2-7,17H,1H3. The molecule has 0 fully saturated rings. The van der Waals surface area contributed by atoms with Crippen LogP contribution in [-0.2, 0) is 10.0 Å². The van der Waals surface area contributed by atoms with Gasteiger partial charge in [0.2, 0.25) is 0 Å². The third-order valence-corrected chi connectivity index (χ3v) is 5.82. The van der Waals surface area contributed by atoms with Gasteiger partial charge in [0, 0.05) is 4.47 Å². The fourth-order valence-corrected chi connectivity index (χ4v) is 3.85. The number of sulfonamides is 1. The second kappa shape index (κ2) is 6.56. The first-order valence-electron chi connectivity index (χ1n) is 5.65. The monoisotopic (exact) mass is 453 g/mol. The Kier molecular flexibility index (Phi) is 5.19. The van der Waals surface area contributed by atoms with Crippen LogP contribution in [0.3, 0.4) is 0 Å². The second-order valence-corrected chi connectivity index (χ2v) is 7.83. The maximum absolute atomic E-state index is 12.3. The third kappa shape index (κ3) is 3.91. The van der Waals surface area contributed by atoms with Crippen molar-refractivity contribution in [3.8, 4) is 5.75 Å². The Morgan fingerprint density at radius 3 is 2.38 bits per heavy atom. The predicted octanol–water partition coefficient (Wildman–Crippen LogP) is 4.67. The number of ether oxygens (including phenoxy) is 1. The summed E-state index contributed by atoms with van der Waals surface area (Å²) in [7, 11) is -2.18. The SMILES string of the molecule is COc1ccc(S(=O)(=O)Nc2ccc(Cl)c(Br)c2)cc1Br. The number of rotatable bonds is 4. The second-order valence-electron chi connectivity index (χ2n) is 4.03. The van der Waals surface area contributed by atoms with Gasteiger partial charge in [0.05, 0.1) is 27.2 Å². The number of methoxy groups -OCH3 is 1. The molecule has 0 bridgehead atoms. The lowest BCUT2D eigenvalue weighted by Crippen LogP contribution is -2.13. The van der Waals surface area contributed by atoms with Gasteiger partial charge in [0.15, 0.2) is 0 Å². The molecule has 0 saturated heterocycles. The van der Waals surface area contributed by atoms with Crippen LogP contribution in [0.4, 0.5) is 5.69 Å². The van der Waals surface area contributed by atoms with Crippen molar-refractivity contribution in [1.82, 2.24) is 0 Å². The highest BCUT2D eigenvalue weighted by molar-refractivity contribution is 9.10. The molecule has 0 radical (unpaired) electrons. The zero-order valence-electron chi connectivity index (χ0n) is 10.7. The zero-order valence-corrected chi connectivity index (χ0v) is 15.5. The summed E-state index contributed by atoms with van der Waals surface area (Å²) in [6, 6.07) is 9.31. The molecule has 0 unspecified atom stereocenters. The third-order valence-electron chi connectivity index (χ3n) is 2.61. The molecule has 4 nitrogen and oxygen atoms in total. The van der Waals surface area contributed by atoms with Crippen LogP contribution in [0.5, 0.6) is 5.75 Å². The summed E-state index contributed by atoms with van der Waals surface area (Å²) >= 11 is 12.4. The van der Waals surface area contributed by atoms with E-state index in [4.69, 9.17) is 16.3 Å². The smallest absolute Gasteiger partial charge is 0.261 e. The van der Waals surface area contributed by atoms with Crippen LogP contribution in [-0.4, -0.2) is 15.5 Å². The number of benzene rings is 2. The van der Waals surface area contributed by atoms with Crippen LogP contribution < -0.4 is 9.46 Å². The Labute approximate surface area is 144 Å². The number of hydrogen-bond donors (Lipinski definition) is 1. The molecule has 2 aromatic carbocycles. The molecule has 0 aromatic heterocycles. The summed E-state index contributed by atoms with van der Waals surface area (Å²) in [4.78, 5) is 0.126. The van der Waals surface area contributed by atoms with Crippen molar-refractivity contribution in [1.29, 1.82) is 0 Å². The first kappa shape index (κ1) is 16.6. The Bertz CT molecular complexity index is 781. The predicted molar refractivity (Wildman–Crippen MR) is 90.7 cm³/mol. The average molecular weight is 456 g/mol. The van der Waals surface area contributed by atoms with Gasteiger partial charge < -0.3 is 4.74 Å². The molecule has 112 valence electrons. The summed E-state index contributed by atoms with van der Waals surface area (Å²) in [5.41, 5.74) is 0.415. The number of hydrogen-bond acceptors (Lipinski definition) is 3. The molecule has 8 heteroatoms. The van der Waals surface area contributed by atoms with E-state index in [-0.39, 0.29) is 4.90 Å². The molecule has 0 aliphatic rings. The van der Waals surface area contributed by atoms with E-state index in [1.807, 2.05) is 0 Å². The lowest BCUT2D eigenvalue weighted by molar-refractivity contribution is 0.411. The lowest BCUT2D eigenvalue weighted by atomic mass is 10.3. The minimum atomic E-state index is -3.69. The van der Waals surface area contributed by atoms with E-state index >= 15 is 0 Å². The summed E-state index contributed by atoms with van der Waals surface area (Å²) in [6.07, 6.45) is 0. The number of halogens is 3. The van der Waals surface area contributed by atoms with Crippen molar-refractivity contribution >= 4 is 59.2 Å². The van der Waals surface area contributed by atoms with Crippen molar-refractivity contribution in [2.24, 2.45) is 0 Å². The lowest BCUT2D eigenvalue weighted by Gasteiger charge is -2.10. The molecular formula is C13H10Br2ClNO3S. The van der Waals surface area contributed by atoms with E-state index in [0.717, 1.165) is 0 Å². The van der Waals surface area contributed by atoms with E-state index < -0.39 is 10.0 Å². The van der Waals surface area contributed by atoms with Gasteiger partial charge in [0.25, 0.3) is 10.0 Å². The van der Waals surface area contributed by atoms with Gasteiger partial charge in [-0.2, -0.15) is 0 Å². The molecule has 0 aliphatic heterocycles. The van der Waals surface area contributed by atoms with Crippen LogP contribution in [0.25, 0.3) is 0 Å². The van der Waals surface area contributed by atoms with Crippen molar-refractivity contribution in [2.45, 2.75) is 4.90 Å². The molecule has 1 N–H and O–H groups in total. The molecule has 0 amide bonds. The number of anilines is 1. The molecule has 0 aliphatic carbocycles. The van der Waals surface area contributed by atoms with Crippen LogP contribution >= 0.6 is 43.5 Å². The van der Waals surface area contributed by atoms with Crippen molar-refractivity contribution in [3.05, 3.63) is 50.4 Å². The Morgan fingerprint density at radius 1 is 1.10 bits per heavy atom. The largest absolute Gasteiger partial charge is 0.496 e. The summed E-state index contributed by atoms with van der Waals surface area (Å²) < 4.78 is 33.4. The van der Waals surface area contributed by atoms with Gasteiger partial charge in [-0.25, -0.2) is 8.42 Å². The molecule has 0 heterocycles. The fourth-order valence-electron chi connectivity index (χ4n) is 1.59. The minimum absolute atomic E-state index is 0.126. The Hall–Kier alpha value is -0.760. The van der Waals surface area contributed by atoms with Crippen molar-refractivity contribution in [2.75, 3.05) is 11.8 Å². The molecule has 2 rings (SSSR count). The van der Waals surface area contributed by atoms with Gasteiger partial charge >= 0.3 is 0 Å². The van der Waals surface area contributed by atoms with E-state index in [0.29, 0.717) is 25.4 Å². The average Bonchev–Trinajstić information content (AvgIpc) is 2.42. The Morgan fingerprint density at radius 2 is 1.81 bits per heavy atom. The van der Waals surface area contributed by atoms with Crippen molar-refractivity contribution in [3.63, 3.8) is 0 Å². The van der Waals surface area contributed by atoms with Crippen LogP contribution in [0.1, 0.15) is 0 Å². The van der Waals surface area contributed by atoms with Gasteiger partial charge in [0.1, 0.15) is 5.75 Å². The van der Waals surface area contributed by atoms with E-state index in [1.165, 1.54) is 19.2 Å². The van der Waals surface area contributed by atoms with E-state index in [2.05, 4.69) is 36.6 Å². The van der Waals surface area contributed by atoms with Gasteiger partial charge in [-0.15, -0.1) is 0 Å². The topological polar surface area (TPSA) is 55.4 Å². The van der Waals surface area contributed by atoms with Gasteiger partial charge in [-0.3, -0.25) is 4.72 Å². The highest BCUT2D eigenvalue weighted by Gasteiger charge is 2.16. The molecule has 0 atom stereocenters.